The third-order valence-corrected chi connectivity index (χ3v) is 6.17. The molecule has 1 amide bonds. The predicted molar refractivity (Wildman–Crippen MR) is 106 cm³/mol. The van der Waals surface area contributed by atoms with E-state index in [1.54, 1.807) is 11.8 Å². The van der Waals surface area contributed by atoms with Crippen molar-refractivity contribution in [2.45, 2.75) is 40.0 Å². The van der Waals surface area contributed by atoms with Gasteiger partial charge in [-0.1, -0.05) is 5.16 Å². The number of aryl methyl sites for hydroxylation is 3. The van der Waals surface area contributed by atoms with Gasteiger partial charge in [-0.2, -0.15) is 0 Å². The summed E-state index contributed by atoms with van der Waals surface area (Å²) in [5.74, 6) is 1.25. The minimum Gasteiger partial charge on any atom is -0.361 e. The summed E-state index contributed by atoms with van der Waals surface area (Å²) in [4.78, 5) is 28.6. The first kappa shape index (κ1) is 18.7. The van der Waals surface area contributed by atoms with Crippen molar-refractivity contribution in [2.24, 2.45) is 5.92 Å². The standard InChI is InChI=1S/C20H23N5O2S/c1-12-18(14(3)27-24-12)17-8-16(21-10-22-17)7-15-5-4-6-25(9-15)20(26)19-13(2)23-11-28-19/h8,10-11,15H,4-7,9H2,1-3H3/t15-/m0/s1. The lowest BCUT2D eigenvalue weighted by Crippen LogP contribution is -2.40. The minimum absolute atomic E-state index is 0.101. The summed E-state index contributed by atoms with van der Waals surface area (Å²) < 4.78 is 5.27. The molecule has 3 aromatic heterocycles. The Morgan fingerprint density at radius 1 is 1.25 bits per heavy atom. The van der Waals surface area contributed by atoms with Gasteiger partial charge in [0.15, 0.2) is 0 Å². The molecule has 7 nitrogen and oxygen atoms in total. The highest BCUT2D eigenvalue weighted by molar-refractivity contribution is 7.11. The van der Waals surface area contributed by atoms with Gasteiger partial charge >= 0.3 is 0 Å². The van der Waals surface area contributed by atoms with Crippen LogP contribution in [0.1, 0.15) is 45.4 Å². The van der Waals surface area contributed by atoms with Crippen molar-refractivity contribution in [3.63, 3.8) is 0 Å². The average Bonchev–Trinajstić information content (AvgIpc) is 3.26. The van der Waals surface area contributed by atoms with Gasteiger partial charge in [0.25, 0.3) is 5.91 Å². The lowest BCUT2D eigenvalue weighted by atomic mass is 9.92. The number of hydrogen-bond donors (Lipinski definition) is 0. The number of rotatable bonds is 4. The maximum atomic E-state index is 12.8. The number of amides is 1. The maximum absolute atomic E-state index is 12.8. The van der Waals surface area contributed by atoms with Crippen LogP contribution in [-0.4, -0.2) is 44.0 Å². The molecular weight excluding hydrogens is 374 g/mol. The number of carbonyl (C=O) groups excluding carboxylic acids is 1. The van der Waals surface area contributed by atoms with E-state index >= 15 is 0 Å². The number of aromatic nitrogens is 4. The zero-order valence-electron chi connectivity index (χ0n) is 16.3. The van der Waals surface area contributed by atoms with Crippen LogP contribution in [-0.2, 0) is 6.42 Å². The summed E-state index contributed by atoms with van der Waals surface area (Å²) >= 11 is 1.42. The van der Waals surface area contributed by atoms with Crippen molar-refractivity contribution in [1.82, 2.24) is 25.0 Å². The molecule has 1 fully saturated rings. The lowest BCUT2D eigenvalue weighted by Gasteiger charge is -2.32. The minimum atomic E-state index is 0.101. The van der Waals surface area contributed by atoms with E-state index in [0.29, 0.717) is 5.92 Å². The van der Waals surface area contributed by atoms with Gasteiger partial charge in [-0.3, -0.25) is 4.79 Å². The lowest BCUT2D eigenvalue weighted by molar-refractivity contribution is 0.0676. The first-order valence-corrected chi connectivity index (χ1v) is 10.3. The monoisotopic (exact) mass is 397 g/mol. The molecule has 4 rings (SSSR count). The molecule has 28 heavy (non-hydrogen) atoms. The second kappa shape index (κ2) is 7.79. The highest BCUT2D eigenvalue weighted by atomic mass is 32.1. The van der Waals surface area contributed by atoms with Crippen LogP contribution in [0, 0.1) is 26.7 Å². The van der Waals surface area contributed by atoms with Gasteiger partial charge in [-0.15, -0.1) is 11.3 Å². The van der Waals surface area contributed by atoms with Crippen molar-refractivity contribution >= 4 is 17.2 Å². The fourth-order valence-corrected chi connectivity index (χ4v) is 4.63. The largest absolute Gasteiger partial charge is 0.361 e. The van der Waals surface area contributed by atoms with E-state index in [9.17, 15) is 4.79 Å². The number of nitrogens with zero attached hydrogens (tertiary/aromatic N) is 5. The molecule has 0 bridgehead atoms. The number of likely N-dealkylation sites (tertiary alicyclic amines) is 1. The summed E-state index contributed by atoms with van der Waals surface area (Å²) in [7, 11) is 0. The number of hydrogen-bond acceptors (Lipinski definition) is 7. The Kier molecular flexibility index (Phi) is 5.21. The molecule has 0 aromatic carbocycles. The maximum Gasteiger partial charge on any atom is 0.265 e. The Bertz CT molecular complexity index is 977. The normalized spacial score (nSPS) is 17.1. The first-order valence-electron chi connectivity index (χ1n) is 9.46. The summed E-state index contributed by atoms with van der Waals surface area (Å²) in [6, 6.07) is 2.01. The van der Waals surface area contributed by atoms with Gasteiger partial charge in [-0.25, -0.2) is 15.0 Å². The second-order valence-electron chi connectivity index (χ2n) is 7.32. The highest BCUT2D eigenvalue weighted by Gasteiger charge is 2.27. The van der Waals surface area contributed by atoms with E-state index in [-0.39, 0.29) is 5.91 Å². The summed E-state index contributed by atoms with van der Waals surface area (Å²) in [6.45, 7) is 7.26. The molecular formula is C20H23N5O2S. The first-order chi connectivity index (χ1) is 13.5. The van der Waals surface area contributed by atoms with Crippen LogP contribution in [0.25, 0.3) is 11.3 Å². The third kappa shape index (κ3) is 3.69. The molecule has 3 aromatic rings. The Balaban J connectivity index is 1.48. The van der Waals surface area contributed by atoms with E-state index in [2.05, 4.69) is 20.1 Å². The molecule has 4 heterocycles. The van der Waals surface area contributed by atoms with Crippen LogP contribution in [0.5, 0.6) is 0 Å². The highest BCUT2D eigenvalue weighted by Crippen LogP contribution is 2.27. The third-order valence-electron chi connectivity index (χ3n) is 5.26. The molecule has 8 heteroatoms. The molecule has 1 aliphatic heterocycles. The van der Waals surface area contributed by atoms with Crippen LogP contribution in [0.4, 0.5) is 0 Å². The van der Waals surface area contributed by atoms with E-state index in [4.69, 9.17) is 4.52 Å². The summed E-state index contributed by atoms with van der Waals surface area (Å²) in [5, 5.41) is 4.01. The molecule has 0 aliphatic carbocycles. The number of thiazole rings is 1. The van der Waals surface area contributed by atoms with Crippen LogP contribution in [0.15, 0.2) is 22.4 Å². The predicted octanol–water partition coefficient (Wildman–Crippen LogP) is 3.61. The molecule has 1 atom stereocenters. The zero-order valence-corrected chi connectivity index (χ0v) is 17.1. The molecule has 0 saturated carbocycles. The zero-order chi connectivity index (χ0) is 19.7. The molecule has 146 valence electrons. The fraction of sp³-hybridized carbons (Fsp3) is 0.450. The summed E-state index contributed by atoms with van der Waals surface area (Å²) in [5.41, 5.74) is 6.14. The van der Waals surface area contributed by atoms with Crippen molar-refractivity contribution in [2.75, 3.05) is 13.1 Å². The van der Waals surface area contributed by atoms with Crippen LogP contribution >= 0.6 is 11.3 Å². The Hall–Kier alpha value is -2.61. The van der Waals surface area contributed by atoms with Crippen LogP contribution in [0.2, 0.25) is 0 Å². The van der Waals surface area contributed by atoms with Crippen LogP contribution < -0.4 is 0 Å². The van der Waals surface area contributed by atoms with E-state index in [1.165, 1.54) is 11.3 Å². The van der Waals surface area contributed by atoms with Gasteiger partial charge in [0.05, 0.1) is 28.2 Å². The summed E-state index contributed by atoms with van der Waals surface area (Å²) in [6.07, 6.45) is 4.53. The van der Waals surface area contributed by atoms with Crippen LogP contribution in [0.3, 0.4) is 0 Å². The number of carbonyl (C=O) groups is 1. The van der Waals surface area contributed by atoms with Gasteiger partial charge in [0.1, 0.15) is 17.0 Å². The Morgan fingerprint density at radius 3 is 2.82 bits per heavy atom. The molecule has 1 aliphatic rings. The van der Waals surface area contributed by atoms with Crippen molar-refractivity contribution in [3.05, 3.63) is 45.6 Å². The quantitative estimate of drug-likeness (QED) is 0.669. The molecule has 0 unspecified atom stereocenters. The molecule has 1 saturated heterocycles. The van der Waals surface area contributed by atoms with Gasteiger partial charge in [0, 0.05) is 18.8 Å². The van der Waals surface area contributed by atoms with E-state index in [1.807, 2.05) is 31.7 Å². The van der Waals surface area contributed by atoms with Gasteiger partial charge in [-0.05, 0) is 52.0 Å². The fourth-order valence-electron chi connectivity index (χ4n) is 3.86. The Labute approximate surface area is 167 Å². The van der Waals surface area contributed by atoms with E-state index < -0.39 is 0 Å². The molecule has 0 radical (unpaired) electrons. The van der Waals surface area contributed by atoms with Crippen molar-refractivity contribution in [1.29, 1.82) is 0 Å². The van der Waals surface area contributed by atoms with Gasteiger partial charge in [0.2, 0.25) is 0 Å². The topological polar surface area (TPSA) is 85.0 Å². The van der Waals surface area contributed by atoms with Gasteiger partial charge < -0.3 is 9.42 Å². The average molecular weight is 398 g/mol. The Morgan fingerprint density at radius 2 is 2.11 bits per heavy atom. The smallest absolute Gasteiger partial charge is 0.265 e. The van der Waals surface area contributed by atoms with Crippen molar-refractivity contribution < 1.29 is 9.32 Å². The second-order valence-corrected chi connectivity index (χ2v) is 8.18. The molecule has 0 N–H and O–H groups in total. The van der Waals surface area contributed by atoms with E-state index in [0.717, 1.165) is 71.3 Å². The SMILES string of the molecule is Cc1ncsc1C(=O)N1CCC[C@@H](Cc2cc(-c3c(C)noc3C)ncn2)C1. The number of piperidine rings is 1. The molecule has 0 spiro atoms. The van der Waals surface area contributed by atoms with Crippen molar-refractivity contribution in [3.8, 4) is 11.3 Å².